The Kier molecular flexibility index (Phi) is 4.30. The van der Waals surface area contributed by atoms with E-state index in [1.807, 2.05) is 0 Å². The molecule has 1 heterocycles. The van der Waals surface area contributed by atoms with Gasteiger partial charge in [0.1, 0.15) is 12.4 Å². The molecule has 0 aliphatic carbocycles. The Morgan fingerprint density at radius 2 is 1.96 bits per heavy atom. The van der Waals surface area contributed by atoms with Crippen LogP contribution in [0.4, 0.5) is 10.1 Å². The number of anilines is 1. The van der Waals surface area contributed by atoms with Gasteiger partial charge in [0.2, 0.25) is 5.91 Å². The number of hydrogen-bond acceptors (Lipinski definition) is 3. The molecule has 24 heavy (non-hydrogen) atoms. The summed E-state index contributed by atoms with van der Waals surface area (Å²) >= 11 is 3.30. The monoisotopic (exact) mass is 391 g/mol. The number of fused-ring (bicyclic) bond motifs is 1. The summed E-state index contributed by atoms with van der Waals surface area (Å²) in [5.74, 6) is -1.04. The van der Waals surface area contributed by atoms with Gasteiger partial charge in [0.15, 0.2) is 0 Å². The highest BCUT2D eigenvalue weighted by atomic mass is 79.9. The fourth-order valence-electron chi connectivity index (χ4n) is 2.30. The zero-order valence-electron chi connectivity index (χ0n) is 12.2. The quantitative estimate of drug-likeness (QED) is 0.671. The van der Waals surface area contributed by atoms with Gasteiger partial charge in [-0.25, -0.2) is 4.39 Å². The van der Waals surface area contributed by atoms with Crippen molar-refractivity contribution >= 4 is 38.6 Å². The standard InChI is InChI=1S/C16H11BrFN3O3/c17-10-3-1-2-4-11(10)19-14(22)8-21-13-6-5-9(18)7-12(13)20-15(23)16(21)24/h1-7H,8H2,(H,19,22)(H,20,23). The molecule has 0 aliphatic rings. The van der Waals surface area contributed by atoms with E-state index >= 15 is 0 Å². The van der Waals surface area contributed by atoms with Crippen molar-refractivity contribution in [1.29, 1.82) is 0 Å². The number of aromatic nitrogens is 2. The molecule has 2 aromatic carbocycles. The third kappa shape index (κ3) is 3.13. The Hall–Kier alpha value is -2.74. The Morgan fingerprint density at radius 3 is 2.71 bits per heavy atom. The molecule has 8 heteroatoms. The van der Waals surface area contributed by atoms with E-state index in [1.165, 1.54) is 6.07 Å². The highest BCUT2D eigenvalue weighted by molar-refractivity contribution is 9.10. The Morgan fingerprint density at radius 1 is 1.21 bits per heavy atom. The van der Waals surface area contributed by atoms with Crippen LogP contribution in [-0.2, 0) is 11.3 Å². The molecule has 1 aromatic heterocycles. The second-order valence-electron chi connectivity index (χ2n) is 5.03. The van der Waals surface area contributed by atoms with Crippen LogP contribution in [0, 0.1) is 5.82 Å². The Labute approximate surface area is 143 Å². The molecule has 6 nitrogen and oxygen atoms in total. The number of nitrogens with zero attached hydrogens (tertiary/aromatic N) is 1. The third-order valence-corrected chi connectivity index (χ3v) is 4.08. The van der Waals surface area contributed by atoms with Crippen LogP contribution in [0.2, 0.25) is 0 Å². The maximum Gasteiger partial charge on any atom is 0.317 e. The van der Waals surface area contributed by atoms with Gasteiger partial charge in [0, 0.05) is 4.47 Å². The van der Waals surface area contributed by atoms with Gasteiger partial charge in [-0.05, 0) is 46.3 Å². The number of hydrogen-bond donors (Lipinski definition) is 2. The maximum atomic E-state index is 13.3. The van der Waals surface area contributed by atoms with E-state index in [2.05, 4.69) is 26.2 Å². The highest BCUT2D eigenvalue weighted by Crippen LogP contribution is 2.21. The third-order valence-electron chi connectivity index (χ3n) is 3.39. The number of para-hydroxylation sites is 1. The summed E-state index contributed by atoms with van der Waals surface area (Å²) in [4.78, 5) is 38.3. The molecule has 3 rings (SSSR count). The fourth-order valence-corrected chi connectivity index (χ4v) is 2.69. The van der Waals surface area contributed by atoms with Crippen LogP contribution < -0.4 is 16.4 Å². The van der Waals surface area contributed by atoms with Gasteiger partial charge >= 0.3 is 11.1 Å². The van der Waals surface area contributed by atoms with Gasteiger partial charge in [0.05, 0.1) is 16.7 Å². The molecule has 0 fully saturated rings. The lowest BCUT2D eigenvalue weighted by atomic mass is 10.2. The summed E-state index contributed by atoms with van der Waals surface area (Å²) in [7, 11) is 0. The molecule has 122 valence electrons. The molecule has 0 spiro atoms. The predicted molar refractivity (Wildman–Crippen MR) is 91.6 cm³/mol. The van der Waals surface area contributed by atoms with Crippen LogP contribution >= 0.6 is 15.9 Å². The average Bonchev–Trinajstić information content (AvgIpc) is 2.54. The fraction of sp³-hybridized carbons (Fsp3) is 0.0625. The van der Waals surface area contributed by atoms with Gasteiger partial charge in [-0.3, -0.25) is 19.0 Å². The van der Waals surface area contributed by atoms with E-state index < -0.39 is 22.8 Å². The van der Waals surface area contributed by atoms with Gasteiger partial charge in [-0.2, -0.15) is 0 Å². The average molecular weight is 392 g/mol. The lowest BCUT2D eigenvalue weighted by Crippen LogP contribution is -2.38. The van der Waals surface area contributed by atoms with Crippen LogP contribution in [0.25, 0.3) is 11.0 Å². The molecule has 0 bridgehead atoms. The van der Waals surface area contributed by atoms with Crippen molar-refractivity contribution in [2.45, 2.75) is 6.54 Å². The van der Waals surface area contributed by atoms with E-state index in [0.29, 0.717) is 10.2 Å². The lowest BCUT2D eigenvalue weighted by molar-refractivity contribution is -0.116. The minimum atomic E-state index is -0.915. The van der Waals surface area contributed by atoms with Crippen molar-refractivity contribution in [3.8, 4) is 0 Å². The van der Waals surface area contributed by atoms with Gasteiger partial charge in [0.25, 0.3) is 0 Å². The van der Waals surface area contributed by atoms with Crippen LogP contribution in [0.1, 0.15) is 0 Å². The largest absolute Gasteiger partial charge is 0.324 e. The maximum absolute atomic E-state index is 13.3. The van der Waals surface area contributed by atoms with Crippen LogP contribution in [0.3, 0.4) is 0 Å². The van der Waals surface area contributed by atoms with Gasteiger partial charge < -0.3 is 10.3 Å². The van der Waals surface area contributed by atoms with Crippen molar-refractivity contribution in [1.82, 2.24) is 9.55 Å². The summed E-state index contributed by atoms with van der Waals surface area (Å²) in [6.45, 7) is -0.369. The topological polar surface area (TPSA) is 84.0 Å². The zero-order chi connectivity index (χ0) is 17.3. The zero-order valence-corrected chi connectivity index (χ0v) is 13.8. The number of amides is 1. The normalized spacial score (nSPS) is 10.8. The number of benzene rings is 2. The molecule has 0 saturated heterocycles. The highest BCUT2D eigenvalue weighted by Gasteiger charge is 2.13. The first-order valence-electron chi connectivity index (χ1n) is 6.92. The number of aromatic amines is 1. The summed E-state index contributed by atoms with van der Waals surface area (Å²) in [6, 6.07) is 10.6. The second kappa shape index (κ2) is 6.40. The van der Waals surface area contributed by atoms with Crippen molar-refractivity contribution in [3.63, 3.8) is 0 Å². The van der Waals surface area contributed by atoms with Crippen molar-refractivity contribution in [2.75, 3.05) is 5.32 Å². The Bertz CT molecular complexity index is 1060. The summed E-state index contributed by atoms with van der Waals surface area (Å²) in [5, 5.41) is 2.65. The number of halogens is 2. The lowest BCUT2D eigenvalue weighted by Gasteiger charge is -2.11. The van der Waals surface area contributed by atoms with Crippen LogP contribution in [-0.4, -0.2) is 15.5 Å². The molecular weight excluding hydrogens is 381 g/mol. The molecule has 3 aromatic rings. The van der Waals surface area contributed by atoms with E-state index in [9.17, 15) is 18.8 Å². The molecule has 0 aliphatic heterocycles. The number of carbonyl (C=O) groups excluding carboxylic acids is 1. The minimum absolute atomic E-state index is 0.147. The molecule has 0 atom stereocenters. The molecule has 0 radical (unpaired) electrons. The molecule has 1 amide bonds. The first-order valence-corrected chi connectivity index (χ1v) is 7.72. The van der Waals surface area contributed by atoms with Crippen LogP contribution in [0.5, 0.6) is 0 Å². The van der Waals surface area contributed by atoms with Gasteiger partial charge in [-0.1, -0.05) is 12.1 Å². The first-order chi connectivity index (χ1) is 11.5. The van der Waals surface area contributed by atoms with E-state index in [1.54, 1.807) is 24.3 Å². The van der Waals surface area contributed by atoms with Crippen molar-refractivity contribution in [3.05, 3.63) is 73.5 Å². The van der Waals surface area contributed by atoms with Crippen LogP contribution in [0.15, 0.2) is 56.5 Å². The number of rotatable bonds is 3. The number of carbonyl (C=O) groups is 1. The summed E-state index contributed by atoms with van der Waals surface area (Å²) < 4.78 is 15.0. The predicted octanol–water partition coefficient (Wildman–Crippen LogP) is 2.23. The summed E-state index contributed by atoms with van der Waals surface area (Å²) in [6.07, 6.45) is 0. The molecule has 2 N–H and O–H groups in total. The van der Waals surface area contributed by atoms with E-state index in [0.717, 1.165) is 16.7 Å². The van der Waals surface area contributed by atoms with Crippen molar-refractivity contribution in [2.24, 2.45) is 0 Å². The van der Waals surface area contributed by atoms with Crippen molar-refractivity contribution < 1.29 is 9.18 Å². The van der Waals surface area contributed by atoms with Gasteiger partial charge in [-0.15, -0.1) is 0 Å². The molecular formula is C16H11BrFN3O3. The van der Waals surface area contributed by atoms with E-state index in [4.69, 9.17) is 0 Å². The number of nitrogens with one attached hydrogen (secondary N) is 2. The number of H-pyrrole nitrogens is 1. The Balaban J connectivity index is 1.99. The smallest absolute Gasteiger partial charge is 0.317 e. The second-order valence-corrected chi connectivity index (χ2v) is 5.89. The van der Waals surface area contributed by atoms with E-state index in [-0.39, 0.29) is 17.6 Å². The SMILES string of the molecule is O=C(Cn1c(=O)c(=O)[nH]c2cc(F)ccc21)Nc1ccccc1Br. The molecule has 0 unspecified atom stereocenters. The first kappa shape index (κ1) is 16.1. The molecule has 0 saturated carbocycles. The summed E-state index contributed by atoms with van der Waals surface area (Å²) in [5.41, 5.74) is -0.842. The minimum Gasteiger partial charge on any atom is -0.324 e.